The van der Waals surface area contributed by atoms with Crippen molar-refractivity contribution in [1.82, 2.24) is 5.32 Å². The van der Waals surface area contributed by atoms with Gasteiger partial charge in [-0.05, 0) is 32.4 Å². The molecule has 2 atom stereocenters. The van der Waals surface area contributed by atoms with Crippen molar-refractivity contribution in [3.8, 4) is 5.75 Å². The number of nitrogens with zero attached hydrogens (tertiary/aromatic N) is 1. The van der Waals surface area contributed by atoms with E-state index in [1.807, 2.05) is 6.92 Å². The van der Waals surface area contributed by atoms with Gasteiger partial charge in [-0.2, -0.15) is 0 Å². The Morgan fingerprint density at radius 1 is 1.47 bits per heavy atom. The second-order valence-corrected chi connectivity index (χ2v) is 4.40. The Labute approximate surface area is 112 Å². The fourth-order valence-corrected chi connectivity index (χ4v) is 1.69. The Balaban J connectivity index is 2.91. The van der Waals surface area contributed by atoms with Crippen LogP contribution in [0.1, 0.15) is 32.4 Å². The van der Waals surface area contributed by atoms with Gasteiger partial charge >= 0.3 is 5.69 Å². The molecule has 0 heterocycles. The molecule has 0 radical (unpaired) electrons. The van der Waals surface area contributed by atoms with Gasteiger partial charge in [0.1, 0.15) is 0 Å². The van der Waals surface area contributed by atoms with Gasteiger partial charge in [0.05, 0.1) is 17.6 Å². The number of benzene rings is 1. The maximum absolute atomic E-state index is 11.0. The largest absolute Gasteiger partial charge is 0.487 e. The molecule has 19 heavy (non-hydrogen) atoms. The van der Waals surface area contributed by atoms with Gasteiger partial charge in [-0.1, -0.05) is 6.07 Å². The molecule has 1 rings (SSSR count). The fraction of sp³-hybridized carbons (Fsp3) is 0.538. The highest BCUT2D eigenvalue weighted by molar-refractivity contribution is 5.49. The third-order valence-electron chi connectivity index (χ3n) is 2.70. The van der Waals surface area contributed by atoms with E-state index in [0.717, 1.165) is 5.56 Å². The predicted octanol–water partition coefficient (Wildman–Crippen LogP) is 2.02. The van der Waals surface area contributed by atoms with Gasteiger partial charge in [-0.25, -0.2) is 0 Å². The molecule has 0 saturated carbocycles. The summed E-state index contributed by atoms with van der Waals surface area (Å²) in [5.41, 5.74) is 0.751. The number of nitro benzene ring substituents is 1. The first kappa shape index (κ1) is 15.4. The fourth-order valence-electron chi connectivity index (χ4n) is 1.69. The number of aliphatic hydroxyl groups is 1. The topological polar surface area (TPSA) is 84.6 Å². The van der Waals surface area contributed by atoms with Crippen LogP contribution in [-0.2, 0) is 0 Å². The summed E-state index contributed by atoms with van der Waals surface area (Å²) in [6.45, 7) is 6.17. The Kier molecular flexibility index (Phi) is 5.72. The molecule has 1 aromatic carbocycles. The number of aliphatic hydroxyl groups excluding tert-OH is 1. The van der Waals surface area contributed by atoms with Crippen molar-refractivity contribution in [3.05, 3.63) is 33.9 Å². The molecule has 1 aromatic rings. The first-order valence-corrected chi connectivity index (χ1v) is 6.28. The van der Waals surface area contributed by atoms with E-state index >= 15 is 0 Å². The maximum atomic E-state index is 11.0. The molecule has 0 aliphatic rings. The molecule has 0 aliphatic heterocycles. The summed E-state index contributed by atoms with van der Waals surface area (Å²) < 4.78 is 5.23. The van der Waals surface area contributed by atoms with E-state index < -0.39 is 11.0 Å². The van der Waals surface area contributed by atoms with E-state index in [4.69, 9.17) is 4.74 Å². The van der Waals surface area contributed by atoms with Gasteiger partial charge < -0.3 is 15.2 Å². The lowest BCUT2D eigenvalue weighted by molar-refractivity contribution is -0.385. The van der Waals surface area contributed by atoms with Gasteiger partial charge in [-0.15, -0.1) is 0 Å². The van der Waals surface area contributed by atoms with Crippen LogP contribution >= 0.6 is 0 Å². The smallest absolute Gasteiger partial charge is 0.311 e. The molecular formula is C13H20N2O4. The number of nitrogens with one attached hydrogen (secondary N) is 1. The Bertz CT molecular complexity index is 435. The summed E-state index contributed by atoms with van der Waals surface area (Å²) in [6.07, 6.45) is -0.458. The molecule has 6 heteroatoms. The Morgan fingerprint density at radius 2 is 2.16 bits per heavy atom. The molecule has 106 valence electrons. The van der Waals surface area contributed by atoms with Crippen LogP contribution in [0.3, 0.4) is 0 Å². The van der Waals surface area contributed by atoms with Crippen LogP contribution in [0.5, 0.6) is 5.75 Å². The molecule has 0 amide bonds. The molecule has 0 aliphatic carbocycles. The van der Waals surface area contributed by atoms with Crippen molar-refractivity contribution < 1.29 is 14.8 Å². The van der Waals surface area contributed by atoms with Crippen molar-refractivity contribution in [3.63, 3.8) is 0 Å². The normalized spacial score (nSPS) is 13.9. The number of hydrogen-bond donors (Lipinski definition) is 2. The third-order valence-corrected chi connectivity index (χ3v) is 2.70. The number of rotatable bonds is 7. The van der Waals surface area contributed by atoms with E-state index in [0.29, 0.717) is 13.2 Å². The summed E-state index contributed by atoms with van der Waals surface area (Å²) in [7, 11) is 0. The highest BCUT2D eigenvalue weighted by Crippen LogP contribution is 2.30. The zero-order valence-electron chi connectivity index (χ0n) is 11.4. The van der Waals surface area contributed by atoms with E-state index in [-0.39, 0.29) is 17.5 Å². The van der Waals surface area contributed by atoms with Gasteiger partial charge in [0, 0.05) is 18.7 Å². The molecule has 0 bridgehead atoms. The van der Waals surface area contributed by atoms with Gasteiger partial charge in [0.15, 0.2) is 5.75 Å². The lowest BCUT2D eigenvalue weighted by Crippen LogP contribution is -2.27. The summed E-state index contributed by atoms with van der Waals surface area (Å²) in [5.74, 6) is 0.277. The zero-order valence-corrected chi connectivity index (χ0v) is 11.4. The summed E-state index contributed by atoms with van der Waals surface area (Å²) in [4.78, 5) is 10.6. The van der Waals surface area contributed by atoms with Crippen LogP contribution in [0, 0.1) is 10.1 Å². The summed E-state index contributed by atoms with van der Waals surface area (Å²) in [5, 5.41) is 23.3. The summed E-state index contributed by atoms with van der Waals surface area (Å²) >= 11 is 0. The van der Waals surface area contributed by atoms with Crippen LogP contribution in [0.15, 0.2) is 18.2 Å². The molecular weight excluding hydrogens is 248 g/mol. The second kappa shape index (κ2) is 7.06. The van der Waals surface area contributed by atoms with Crippen LogP contribution in [0.4, 0.5) is 5.69 Å². The molecule has 2 N–H and O–H groups in total. The molecule has 6 nitrogen and oxygen atoms in total. The van der Waals surface area contributed by atoms with Gasteiger partial charge in [0.2, 0.25) is 0 Å². The van der Waals surface area contributed by atoms with E-state index in [9.17, 15) is 15.2 Å². The standard InChI is InChI=1S/C13H20N2O4/c1-4-19-13-6-5-11(7-12(13)15(17)18)10(3)14-8-9(2)16/h5-7,9-10,14,16H,4,8H2,1-3H3. The molecule has 0 spiro atoms. The first-order valence-electron chi connectivity index (χ1n) is 6.28. The summed E-state index contributed by atoms with van der Waals surface area (Å²) in [6, 6.07) is 4.82. The SMILES string of the molecule is CCOc1ccc(C(C)NCC(C)O)cc1[N+](=O)[O-]. The monoisotopic (exact) mass is 268 g/mol. The van der Waals surface area contributed by atoms with Crippen molar-refractivity contribution >= 4 is 5.69 Å². The van der Waals surface area contributed by atoms with Crippen molar-refractivity contribution in [2.75, 3.05) is 13.2 Å². The van der Waals surface area contributed by atoms with E-state index in [1.54, 1.807) is 26.0 Å². The molecule has 0 fully saturated rings. The zero-order chi connectivity index (χ0) is 14.4. The van der Waals surface area contributed by atoms with Gasteiger partial charge in [-0.3, -0.25) is 10.1 Å². The maximum Gasteiger partial charge on any atom is 0.311 e. The first-order chi connectivity index (χ1) is 8.95. The van der Waals surface area contributed by atoms with Gasteiger partial charge in [0.25, 0.3) is 0 Å². The van der Waals surface area contributed by atoms with Crippen LogP contribution in [0.25, 0.3) is 0 Å². The Hall–Kier alpha value is -1.66. The minimum absolute atomic E-state index is 0.0370. The highest BCUT2D eigenvalue weighted by atomic mass is 16.6. The lowest BCUT2D eigenvalue weighted by Gasteiger charge is -2.16. The number of nitro groups is 1. The molecule has 2 unspecified atom stereocenters. The van der Waals surface area contributed by atoms with E-state index in [2.05, 4.69) is 5.32 Å². The minimum atomic E-state index is -0.458. The van der Waals surface area contributed by atoms with E-state index in [1.165, 1.54) is 6.07 Å². The van der Waals surface area contributed by atoms with Crippen LogP contribution in [0.2, 0.25) is 0 Å². The van der Waals surface area contributed by atoms with Crippen LogP contribution in [-0.4, -0.2) is 29.3 Å². The highest BCUT2D eigenvalue weighted by Gasteiger charge is 2.18. The number of hydrogen-bond acceptors (Lipinski definition) is 5. The van der Waals surface area contributed by atoms with Crippen molar-refractivity contribution in [2.45, 2.75) is 32.9 Å². The minimum Gasteiger partial charge on any atom is -0.487 e. The average Bonchev–Trinajstić information content (AvgIpc) is 2.36. The quantitative estimate of drug-likeness (QED) is 0.584. The van der Waals surface area contributed by atoms with Crippen molar-refractivity contribution in [2.24, 2.45) is 0 Å². The molecule has 0 saturated heterocycles. The molecule has 0 aromatic heterocycles. The van der Waals surface area contributed by atoms with Crippen LogP contribution < -0.4 is 10.1 Å². The predicted molar refractivity (Wildman–Crippen MR) is 72.4 cm³/mol. The second-order valence-electron chi connectivity index (χ2n) is 4.40. The third kappa shape index (κ3) is 4.50. The lowest BCUT2D eigenvalue weighted by atomic mass is 10.1. The average molecular weight is 268 g/mol. The Morgan fingerprint density at radius 3 is 2.68 bits per heavy atom. The van der Waals surface area contributed by atoms with Crippen molar-refractivity contribution in [1.29, 1.82) is 0 Å². The number of ether oxygens (including phenoxy) is 1.